The van der Waals surface area contributed by atoms with Crippen molar-refractivity contribution in [1.29, 1.82) is 0 Å². The number of para-hydroxylation sites is 1. The monoisotopic (exact) mass is 495 g/mol. The van der Waals surface area contributed by atoms with Gasteiger partial charge in [0.05, 0.1) is 0 Å². The van der Waals surface area contributed by atoms with Crippen molar-refractivity contribution in [1.82, 2.24) is 9.38 Å². The molecule has 0 amide bonds. The fraction of sp³-hybridized carbons (Fsp3) is 0.296. The van der Waals surface area contributed by atoms with E-state index in [1.807, 2.05) is 28.8 Å². The van der Waals surface area contributed by atoms with Crippen LogP contribution in [0.5, 0.6) is 5.75 Å². The van der Waals surface area contributed by atoms with Crippen molar-refractivity contribution in [2.75, 3.05) is 5.32 Å². The largest absolute Gasteiger partial charge is 0.378 e. The van der Waals surface area contributed by atoms with Crippen LogP contribution in [-0.4, -0.2) is 23.3 Å². The van der Waals surface area contributed by atoms with Crippen molar-refractivity contribution in [3.8, 4) is 17.0 Å². The van der Waals surface area contributed by atoms with Crippen LogP contribution in [0.2, 0.25) is 0 Å². The highest BCUT2D eigenvalue weighted by Gasteiger charge is 2.29. The molecule has 0 radical (unpaired) electrons. The van der Waals surface area contributed by atoms with Crippen molar-refractivity contribution in [3.63, 3.8) is 0 Å². The first kappa shape index (κ1) is 24.7. The number of pyridine rings is 1. The number of hydrogen-bond donors (Lipinski definition) is 1. The summed E-state index contributed by atoms with van der Waals surface area (Å²) in [5.41, 5.74) is 1.61. The van der Waals surface area contributed by atoms with Crippen LogP contribution in [0.25, 0.3) is 16.9 Å². The van der Waals surface area contributed by atoms with Crippen molar-refractivity contribution >= 4 is 21.6 Å². The topological polar surface area (TPSA) is 72.7 Å². The molecule has 0 unspecified atom stereocenters. The maximum Gasteiger partial charge on any atom is 0.339 e. The lowest BCUT2D eigenvalue weighted by Crippen LogP contribution is -2.36. The predicted molar refractivity (Wildman–Crippen MR) is 137 cm³/mol. The first-order chi connectivity index (χ1) is 16.3. The van der Waals surface area contributed by atoms with Gasteiger partial charge in [-0.05, 0) is 74.2 Å². The quantitative estimate of drug-likeness (QED) is 0.295. The fourth-order valence-electron chi connectivity index (χ4n) is 4.50. The number of nitrogens with zero attached hydrogens (tertiary/aromatic N) is 2. The van der Waals surface area contributed by atoms with E-state index < -0.39 is 15.9 Å². The van der Waals surface area contributed by atoms with Gasteiger partial charge in [0.1, 0.15) is 27.9 Å². The second kappa shape index (κ2) is 9.00. The number of benzene rings is 2. The third-order valence-corrected chi connectivity index (χ3v) is 6.65. The van der Waals surface area contributed by atoms with Crippen LogP contribution in [0.3, 0.4) is 0 Å². The average Bonchev–Trinajstić information content (AvgIpc) is 3.10. The van der Waals surface area contributed by atoms with E-state index in [2.05, 4.69) is 39.9 Å². The zero-order valence-corrected chi connectivity index (χ0v) is 21.4. The summed E-state index contributed by atoms with van der Waals surface area (Å²) in [4.78, 5) is 4.68. The molecule has 6 nitrogen and oxygen atoms in total. The van der Waals surface area contributed by atoms with Crippen molar-refractivity contribution in [2.24, 2.45) is 5.41 Å². The molecule has 2 aromatic heterocycles. The number of fused-ring (bicyclic) bond motifs is 1. The van der Waals surface area contributed by atoms with Crippen LogP contribution < -0.4 is 9.50 Å². The molecular weight excluding hydrogens is 465 g/mol. The van der Waals surface area contributed by atoms with E-state index in [-0.39, 0.29) is 21.6 Å². The number of imidazole rings is 1. The third-order valence-electron chi connectivity index (χ3n) is 5.40. The van der Waals surface area contributed by atoms with Crippen molar-refractivity contribution in [2.45, 2.75) is 51.5 Å². The maximum absolute atomic E-state index is 13.3. The summed E-state index contributed by atoms with van der Waals surface area (Å²) in [6.45, 7) is 10.8. The Labute approximate surface area is 205 Å². The molecule has 0 aliphatic carbocycles. The van der Waals surface area contributed by atoms with E-state index in [0.29, 0.717) is 16.9 Å². The van der Waals surface area contributed by atoms with Crippen LogP contribution in [-0.2, 0) is 10.1 Å². The molecule has 2 aromatic carbocycles. The molecule has 0 bridgehead atoms. The fourth-order valence-corrected chi connectivity index (χ4v) is 5.44. The molecule has 0 saturated carbocycles. The summed E-state index contributed by atoms with van der Waals surface area (Å²) < 4.78 is 46.7. The zero-order chi connectivity index (χ0) is 25.4. The molecule has 0 atom stereocenters. The van der Waals surface area contributed by atoms with Gasteiger partial charge < -0.3 is 9.50 Å². The number of aromatic nitrogens is 2. The molecule has 0 aliphatic rings. The molecule has 4 aromatic rings. The molecule has 4 rings (SSSR count). The SMILES string of the molecule is CC(C)(C)CC(C)(C)Nc1c(-c2ccccc2OS(=O)(=O)c2ccc(F)cc2)nc2ccccn12. The minimum atomic E-state index is -4.18. The van der Waals surface area contributed by atoms with Crippen LogP contribution in [0, 0.1) is 11.2 Å². The molecule has 0 aliphatic heterocycles. The Morgan fingerprint density at radius 1 is 0.943 bits per heavy atom. The molecule has 0 spiro atoms. The van der Waals surface area contributed by atoms with Crippen molar-refractivity contribution < 1.29 is 17.0 Å². The minimum Gasteiger partial charge on any atom is -0.378 e. The summed E-state index contributed by atoms with van der Waals surface area (Å²) in [6, 6.07) is 17.1. The van der Waals surface area contributed by atoms with E-state index >= 15 is 0 Å². The Morgan fingerprint density at radius 3 is 2.29 bits per heavy atom. The van der Waals surface area contributed by atoms with Gasteiger partial charge in [0.25, 0.3) is 0 Å². The van der Waals surface area contributed by atoms with Gasteiger partial charge in [0.2, 0.25) is 0 Å². The van der Waals surface area contributed by atoms with Crippen LogP contribution in [0.15, 0.2) is 77.8 Å². The summed E-state index contributed by atoms with van der Waals surface area (Å²) >= 11 is 0. The lowest BCUT2D eigenvalue weighted by atomic mass is 9.82. The van der Waals surface area contributed by atoms with E-state index in [1.54, 1.807) is 24.3 Å². The Balaban J connectivity index is 1.81. The molecule has 8 heteroatoms. The highest BCUT2D eigenvalue weighted by Crippen LogP contribution is 2.39. The molecule has 1 N–H and O–H groups in total. The van der Waals surface area contributed by atoms with E-state index in [0.717, 1.165) is 24.4 Å². The molecule has 0 saturated heterocycles. The lowest BCUT2D eigenvalue weighted by Gasteiger charge is -2.34. The number of halogens is 1. The standard InChI is InChI=1S/C27H30FN3O3S/c1-26(2,3)18-27(4,5)30-25-24(29-23-12-8-9-17-31(23)25)21-10-6-7-11-22(21)34-35(32,33)20-15-13-19(28)14-16-20/h6-17,30H,18H2,1-5H3. The van der Waals surface area contributed by atoms with Crippen LogP contribution >= 0.6 is 0 Å². The Bertz CT molecular complexity index is 1450. The molecular formula is C27H30FN3O3S. The van der Waals surface area contributed by atoms with Gasteiger partial charge in [-0.2, -0.15) is 8.42 Å². The first-order valence-corrected chi connectivity index (χ1v) is 12.8. The smallest absolute Gasteiger partial charge is 0.339 e. The molecule has 2 heterocycles. The summed E-state index contributed by atoms with van der Waals surface area (Å²) in [5.74, 6) is 0.352. The lowest BCUT2D eigenvalue weighted by molar-refractivity contribution is 0.302. The summed E-state index contributed by atoms with van der Waals surface area (Å²) in [7, 11) is -4.18. The van der Waals surface area contributed by atoms with Gasteiger partial charge >= 0.3 is 10.1 Å². The Hall–Kier alpha value is -3.39. The Morgan fingerprint density at radius 2 is 1.60 bits per heavy atom. The van der Waals surface area contributed by atoms with E-state index in [9.17, 15) is 12.8 Å². The third kappa shape index (κ3) is 5.65. The molecule has 0 fully saturated rings. The average molecular weight is 496 g/mol. The summed E-state index contributed by atoms with van der Waals surface area (Å²) in [6.07, 6.45) is 2.80. The second-order valence-electron chi connectivity index (χ2n) is 10.5. The highest BCUT2D eigenvalue weighted by molar-refractivity contribution is 7.87. The normalized spacial score (nSPS) is 12.6. The van der Waals surface area contributed by atoms with Gasteiger partial charge in [-0.15, -0.1) is 0 Å². The van der Waals surface area contributed by atoms with Crippen LogP contribution in [0.4, 0.5) is 10.2 Å². The van der Waals surface area contributed by atoms with Gasteiger partial charge in [0.15, 0.2) is 5.75 Å². The van der Waals surface area contributed by atoms with Crippen molar-refractivity contribution in [3.05, 3.63) is 78.7 Å². The second-order valence-corrected chi connectivity index (χ2v) is 12.0. The van der Waals surface area contributed by atoms with Gasteiger partial charge in [0, 0.05) is 17.3 Å². The van der Waals surface area contributed by atoms with Crippen LogP contribution in [0.1, 0.15) is 41.0 Å². The van der Waals surface area contributed by atoms with Gasteiger partial charge in [-0.25, -0.2) is 9.37 Å². The highest BCUT2D eigenvalue weighted by atomic mass is 32.2. The predicted octanol–water partition coefficient (Wildman–Crippen LogP) is 6.53. The first-order valence-electron chi connectivity index (χ1n) is 11.4. The van der Waals surface area contributed by atoms with E-state index in [4.69, 9.17) is 9.17 Å². The maximum atomic E-state index is 13.3. The minimum absolute atomic E-state index is 0.0847. The number of nitrogens with one attached hydrogen (secondary N) is 1. The molecule has 184 valence electrons. The zero-order valence-electron chi connectivity index (χ0n) is 20.5. The molecule has 35 heavy (non-hydrogen) atoms. The number of anilines is 1. The number of rotatable bonds is 7. The summed E-state index contributed by atoms with van der Waals surface area (Å²) in [5, 5.41) is 3.65. The van der Waals surface area contributed by atoms with Gasteiger partial charge in [-0.1, -0.05) is 39.0 Å². The van der Waals surface area contributed by atoms with E-state index in [1.165, 1.54) is 12.1 Å². The Kier molecular flexibility index (Phi) is 6.36. The van der Waals surface area contributed by atoms with Gasteiger partial charge in [-0.3, -0.25) is 4.40 Å². The number of hydrogen-bond acceptors (Lipinski definition) is 5.